The first kappa shape index (κ1) is 21.2. The van der Waals surface area contributed by atoms with Crippen molar-refractivity contribution in [1.29, 1.82) is 0 Å². The van der Waals surface area contributed by atoms with Gasteiger partial charge in [0, 0.05) is 17.2 Å². The molecule has 1 aromatic carbocycles. The van der Waals surface area contributed by atoms with Gasteiger partial charge in [0.2, 0.25) is 0 Å². The van der Waals surface area contributed by atoms with E-state index in [-0.39, 0.29) is 28.8 Å². The molecule has 0 amide bonds. The number of nitrogens with zero attached hydrogens (tertiary/aromatic N) is 2. The van der Waals surface area contributed by atoms with E-state index in [0.717, 1.165) is 11.8 Å². The second-order valence-corrected chi connectivity index (χ2v) is 7.04. The summed E-state index contributed by atoms with van der Waals surface area (Å²) in [6.07, 6.45) is 4.75. The van der Waals surface area contributed by atoms with Gasteiger partial charge in [-0.3, -0.25) is 4.98 Å². The van der Waals surface area contributed by atoms with Crippen molar-refractivity contribution in [2.24, 2.45) is 4.99 Å². The Balaban J connectivity index is 2.78. The number of pyridine rings is 1. The fourth-order valence-electron chi connectivity index (χ4n) is 3.06. The highest BCUT2D eigenvalue weighted by atomic mass is 35.5. The van der Waals surface area contributed by atoms with Gasteiger partial charge in [0.1, 0.15) is 22.3 Å². The monoisotopic (exact) mass is 392 g/mol. The van der Waals surface area contributed by atoms with Crippen LogP contribution in [-0.2, 0) is 6.61 Å². The molecule has 0 fully saturated rings. The number of aliphatic hydroxyl groups excluding tert-OH is 1. The Morgan fingerprint density at radius 1 is 1.37 bits per heavy atom. The molecule has 0 radical (unpaired) electrons. The summed E-state index contributed by atoms with van der Waals surface area (Å²) in [5.41, 5.74) is 2.27. The summed E-state index contributed by atoms with van der Waals surface area (Å²) >= 11 is 5.67. The number of hydrogen-bond donors (Lipinski definition) is 1. The standard InChI is InChI=1S/C21H23ClF2N2O/c1-5-6-16(19(24)10-25-13(4)22)14-7-17-20(12(2)3)15(11-27)9-26-21(17)18(23)8-14/h6-10,12,27H,5,11H2,1-4H3/b16-6+,19-10+,25-13?. The van der Waals surface area contributed by atoms with Gasteiger partial charge in [-0.15, -0.1) is 0 Å². The van der Waals surface area contributed by atoms with Crippen molar-refractivity contribution in [2.45, 2.75) is 46.6 Å². The van der Waals surface area contributed by atoms with Gasteiger partial charge in [0.25, 0.3) is 0 Å². The van der Waals surface area contributed by atoms with Gasteiger partial charge < -0.3 is 5.11 Å². The van der Waals surface area contributed by atoms with Crippen molar-refractivity contribution in [3.63, 3.8) is 0 Å². The zero-order chi connectivity index (χ0) is 20.1. The predicted molar refractivity (Wildman–Crippen MR) is 108 cm³/mol. The molecule has 0 unspecified atom stereocenters. The van der Waals surface area contributed by atoms with Crippen molar-refractivity contribution in [2.75, 3.05) is 0 Å². The fourth-order valence-corrected chi connectivity index (χ4v) is 3.11. The quantitative estimate of drug-likeness (QED) is 0.466. The SMILES string of the molecule is CC/C=C(/C(F)=C\N=C(C)Cl)c1cc(F)c2ncc(CO)c(C(C)C)c2c1. The first-order valence-corrected chi connectivity index (χ1v) is 9.16. The molecule has 0 aliphatic heterocycles. The molecule has 1 heterocycles. The molecule has 3 nitrogen and oxygen atoms in total. The van der Waals surface area contributed by atoms with Crippen LogP contribution >= 0.6 is 11.6 Å². The van der Waals surface area contributed by atoms with Gasteiger partial charge in [-0.05, 0) is 48.1 Å². The third-order valence-electron chi connectivity index (χ3n) is 4.13. The molecule has 0 aliphatic rings. The topological polar surface area (TPSA) is 45.5 Å². The number of rotatable bonds is 6. The number of aromatic nitrogens is 1. The van der Waals surface area contributed by atoms with Crippen molar-refractivity contribution in [3.8, 4) is 0 Å². The van der Waals surface area contributed by atoms with Gasteiger partial charge in [-0.25, -0.2) is 13.8 Å². The van der Waals surface area contributed by atoms with Crippen LogP contribution in [0.3, 0.4) is 0 Å². The first-order valence-electron chi connectivity index (χ1n) is 8.78. The van der Waals surface area contributed by atoms with Crippen LogP contribution in [0, 0.1) is 5.82 Å². The van der Waals surface area contributed by atoms with E-state index in [2.05, 4.69) is 9.98 Å². The highest BCUT2D eigenvalue weighted by Crippen LogP contribution is 2.34. The number of fused-ring (bicyclic) bond motifs is 1. The molecule has 1 N–H and O–H groups in total. The average Bonchev–Trinajstić information content (AvgIpc) is 2.62. The number of halogens is 3. The summed E-state index contributed by atoms with van der Waals surface area (Å²) in [4.78, 5) is 7.92. The van der Waals surface area contributed by atoms with Crippen LogP contribution in [0.15, 0.2) is 41.4 Å². The maximum Gasteiger partial charge on any atom is 0.150 e. The Morgan fingerprint density at radius 3 is 2.63 bits per heavy atom. The minimum Gasteiger partial charge on any atom is -0.392 e. The zero-order valence-electron chi connectivity index (χ0n) is 15.9. The van der Waals surface area contributed by atoms with Crippen molar-refractivity contribution in [1.82, 2.24) is 4.98 Å². The molecule has 144 valence electrons. The van der Waals surface area contributed by atoms with E-state index < -0.39 is 11.6 Å². The van der Waals surface area contributed by atoms with E-state index in [4.69, 9.17) is 11.6 Å². The van der Waals surface area contributed by atoms with Crippen LogP contribution in [0.25, 0.3) is 16.5 Å². The molecule has 0 atom stereocenters. The Morgan fingerprint density at radius 2 is 2.07 bits per heavy atom. The molecule has 1 aromatic heterocycles. The number of hydrogen-bond acceptors (Lipinski definition) is 3. The van der Waals surface area contributed by atoms with Gasteiger partial charge in [0.05, 0.1) is 12.8 Å². The van der Waals surface area contributed by atoms with Gasteiger partial charge >= 0.3 is 0 Å². The van der Waals surface area contributed by atoms with Crippen LogP contribution < -0.4 is 0 Å². The third kappa shape index (κ3) is 4.79. The third-order valence-corrected chi connectivity index (χ3v) is 4.23. The van der Waals surface area contributed by atoms with Crippen LogP contribution in [0.4, 0.5) is 8.78 Å². The van der Waals surface area contributed by atoms with Gasteiger partial charge in [-0.1, -0.05) is 38.4 Å². The molecule has 0 saturated heterocycles. The van der Waals surface area contributed by atoms with Gasteiger partial charge in [0.15, 0.2) is 0 Å². The second-order valence-electron chi connectivity index (χ2n) is 6.49. The molecule has 27 heavy (non-hydrogen) atoms. The van der Waals surface area contributed by atoms with Crippen LogP contribution in [0.2, 0.25) is 0 Å². The lowest BCUT2D eigenvalue weighted by molar-refractivity contribution is 0.280. The minimum atomic E-state index is -0.604. The van der Waals surface area contributed by atoms with E-state index in [1.807, 2.05) is 20.8 Å². The lowest BCUT2D eigenvalue weighted by Crippen LogP contribution is -2.02. The smallest absolute Gasteiger partial charge is 0.150 e. The molecule has 0 bridgehead atoms. The number of aliphatic imine (C=N–C) groups is 1. The normalized spacial score (nSPS) is 13.7. The maximum atomic E-state index is 14.8. The first-order chi connectivity index (χ1) is 12.8. The lowest BCUT2D eigenvalue weighted by Gasteiger charge is -2.16. The summed E-state index contributed by atoms with van der Waals surface area (Å²) in [5, 5.41) is 10.4. The molecule has 0 spiro atoms. The van der Waals surface area contributed by atoms with Gasteiger partial charge in [-0.2, -0.15) is 0 Å². The molecular formula is C21H23ClF2N2O. The summed E-state index contributed by atoms with van der Waals surface area (Å²) in [5.74, 6) is -1.11. The molecule has 6 heteroatoms. The number of aliphatic hydroxyl groups is 1. The maximum absolute atomic E-state index is 14.8. The predicted octanol–water partition coefficient (Wildman–Crippen LogP) is 6.25. The number of benzene rings is 1. The van der Waals surface area contributed by atoms with Crippen LogP contribution in [0.1, 0.15) is 56.7 Å². The summed E-state index contributed by atoms with van der Waals surface area (Å²) in [7, 11) is 0. The molecule has 0 saturated carbocycles. The molecule has 0 aliphatic carbocycles. The van der Waals surface area contributed by atoms with Crippen molar-refractivity contribution < 1.29 is 13.9 Å². The highest BCUT2D eigenvalue weighted by molar-refractivity contribution is 6.64. The van der Waals surface area contributed by atoms with E-state index in [0.29, 0.717) is 22.9 Å². The molecular weight excluding hydrogens is 370 g/mol. The van der Waals surface area contributed by atoms with E-state index in [9.17, 15) is 13.9 Å². The van der Waals surface area contributed by atoms with Crippen LogP contribution in [0.5, 0.6) is 0 Å². The molecule has 2 rings (SSSR count). The summed E-state index contributed by atoms with van der Waals surface area (Å²) in [6, 6.07) is 2.98. The average molecular weight is 393 g/mol. The summed E-state index contributed by atoms with van der Waals surface area (Å²) in [6.45, 7) is 7.13. The molecule has 2 aromatic rings. The number of allylic oxidation sites excluding steroid dienone is 3. The van der Waals surface area contributed by atoms with E-state index in [1.165, 1.54) is 12.3 Å². The highest BCUT2D eigenvalue weighted by Gasteiger charge is 2.18. The second kappa shape index (κ2) is 9.20. The van der Waals surface area contributed by atoms with E-state index in [1.54, 1.807) is 19.1 Å². The Hall–Kier alpha value is -2.11. The lowest BCUT2D eigenvalue weighted by atomic mass is 9.91. The largest absolute Gasteiger partial charge is 0.392 e. The summed E-state index contributed by atoms with van der Waals surface area (Å²) < 4.78 is 29.4. The van der Waals surface area contributed by atoms with Crippen molar-refractivity contribution in [3.05, 3.63) is 58.9 Å². The van der Waals surface area contributed by atoms with Crippen LogP contribution in [-0.4, -0.2) is 15.3 Å². The Bertz CT molecular complexity index is 929. The van der Waals surface area contributed by atoms with Crippen molar-refractivity contribution >= 4 is 33.2 Å². The zero-order valence-corrected chi connectivity index (χ0v) is 16.6. The minimum absolute atomic E-state index is 0.0368. The Labute approximate surface area is 163 Å². The fraction of sp³-hybridized carbons (Fsp3) is 0.333. The Kier molecular flexibility index (Phi) is 7.22. The van der Waals surface area contributed by atoms with E-state index >= 15 is 0 Å².